The SMILES string of the molecule is CSCC[C@H](NC(=O)[C@@H]1Cc2ccccc2CN1C(=O)[C@H](C)NC[C@H](CSC(c1ccccc1)(c1ccccc1)c1ccccc1)NC(=O)OC(C)(C)C)C(=O)O. The minimum absolute atomic E-state index is 0.199. The first-order chi connectivity index (χ1) is 27.3. The number of hydrogen-bond acceptors (Lipinski definition) is 8. The molecule has 0 aromatic heterocycles. The summed E-state index contributed by atoms with van der Waals surface area (Å²) in [5, 5.41) is 19.0. The van der Waals surface area contributed by atoms with Gasteiger partial charge >= 0.3 is 12.1 Å². The van der Waals surface area contributed by atoms with Crippen molar-refractivity contribution in [2.45, 2.75) is 81.6 Å². The van der Waals surface area contributed by atoms with Crippen molar-refractivity contribution < 1.29 is 29.0 Å². The number of amides is 3. The molecule has 3 amide bonds. The Hall–Kier alpha value is -4.78. The molecule has 0 radical (unpaired) electrons. The Kier molecular flexibility index (Phi) is 15.3. The number of nitrogens with zero attached hydrogens (tertiary/aromatic N) is 1. The van der Waals surface area contributed by atoms with E-state index >= 15 is 0 Å². The molecule has 4 atom stereocenters. The van der Waals surface area contributed by atoms with E-state index in [2.05, 4.69) is 52.3 Å². The molecule has 0 spiro atoms. The highest BCUT2D eigenvalue weighted by molar-refractivity contribution is 8.00. The summed E-state index contributed by atoms with van der Waals surface area (Å²) in [7, 11) is 0. The molecule has 1 heterocycles. The lowest BCUT2D eigenvalue weighted by Crippen LogP contribution is -2.59. The van der Waals surface area contributed by atoms with Crippen LogP contribution in [-0.4, -0.2) is 88.0 Å². The van der Waals surface area contributed by atoms with Gasteiger partial charge in [-0.1, -0.05) is 115 Å². The van der Waals surface area contributed by atoms with Crippen LogP contribution in [-0.2, 0) is 36.8 Å². The predicted molar refractivity (Wildman–Crippen MR) is 229 cm³/mol. The fraction of sp³-hybridized carbons (Fsp3) is 0.378. The maximum Gasteiger partial charge on any atom is 0.407 e. The predicted octanol–water partition coefficient (Wildman–Crippen LogP) is 6.86. The molecule has 5 rings (SSSR count). The molecular formula is C45H54N4O6S2. The summed E-state index contributed by atoms with van der Waals surface area (Å²) in [5.74, 6) is -0.928. The van der Waals surface area contributed by atoms with Crippen LogP contribution in [0.3, 0.4) is 0 Å². The molecule has 0 aliphatic carbocycles. The number of carbonyl (C=O) groups is 4. The lowest BCUT2D eigenvalue weighted by atomic mass is 9.84. The maximum absolute atomic E-state index is 14.4. The highest BCUT2D eigenvalue weighted by Gasteiger charge is 2.40. The fourth-order valence-electron chi connectivity index (χ4n) is 7.02. The quantitative estimate of drug-likeness (QED) is 0.0844. The number of rotatable bonds is 17. The van der Waals surface area contributed by atoms with E-state index in [0.29, 0.717) is 11.5 Å². The van der Waals surface area contributed by atoms with Gasteiger partial charge in [-0.05, 0) is 73.9 Å². The van der Waals surface area contributed by atoms with Crippen LogP contribution in [0.5, 0.6) is 0 Å². The summed E-state index contributed by atoms with van der Waals surface area (Å²) >= 11 is 3.19. The summed E-state index contributed by atoms with van der Waals surface area (Å²) in [6.07, 6.45) is 1.83. The first-order valence-electron chi connectivity index (χ1n) is 19.2. The summed E-state index contributed by atoms with van der Waals surface area (Å²) in [6, 6.07) is 35.3. The molecule has 4 N–H and O–H groups in total. The molecule has 4 aromatic rings. The number of nitrogens with one attached hydrogen (secondary N) is 3. The molecule has 0 unspecified atom stereocenters. The second-order valence-electron chi connectivity index (χ2n) is 15.2. The van der Waals surface area contributed by atoms with Crippen molar-refractivity contribution in [2.75, 3.05) is 24.3 Å². The highest BCUT2D eigenvalue weighted by atomic mass is 32.2. The van der Waals surface area contributed by atoms with E-state index in [9.17, 15) is 24.3 Å². The Morgan fingerprint density at radius 2 is 1.33 bits per heavy atom. The summed E-state index contributed by atoms with van der Waals surface area (Å²) < 4.78 is 5.05. The number of carbonyl (C=O) groups excluding carboxylic acids is 3. The van der Waals surface area contributed by atoms with Crippen molar-refractivity contribution in [3.63, 3.8) is 0 Å². The number of fused-ring (bicyclic) bond motifs is 1. The average molecular weight is 811 g/mol. The van der Waals surface area contributed by atoms with Gasteiger partial charge in [0.05, 0.1) is 16.8 Å². The van der Waals surface area contributed by atoms with Gasteiger partial charge in [0.1, 0.15) is 17.7 Å². The van der Waals surface area contributed by atoms with Crippen LogP contribution in [0.2, 0.25) is 0 Å². The van der Waals surface area contributed by atoms with Gasteiger partial charge in [0.2, 0.25) is 11.8 Å². The Morgan fingerprint density at radius 3 is 1.84 bits per heavy atom. The number of thioether (sulfide) groups is 2. The van der Waals surface area contributed by atoms with Crippen LogP contribution in [0.15, 0.2) is 115 Å². The van der Waals surface area contributed by atoms with E-state index in [0.717, 1.165) is 27.8 Å². The molecule has 0 fully saturated rings. The van der Waals surface area contributed by atoms with E-state index in [4.69, 9.17) is 4.74 Å². The highest BCUT2D eigenvalue weighted by Crippen LogP contribution is 2.48. The minimum atomic E-state index is -1.11. The van der Waals surface area contributed by atoms with Gasteiger partial charge in [-0.15, -0.1) is 11.8 Å². The van der Waals surface area contributed by atoms with Crippen molar-refractivity contribution in [3.05, 3.63) is 143 Å². The molecule has 302 valence electrons. The van der Waals surface area contributed by atoms with E-state index in [1.165, 1.54) is 11.8 Å². The second-order valence-corrected chi connectivity index (χ2v) is 17.4. The van der Waals surface area contributed by atoms with Gasteiger partial charge < -0.3 is 30.7 Å². The third-order valence-electron chi connectivity index (χ3n) is 9.86. The van der Waals surface area contributed by atoms with Crippen LogP contribution in [0, 0.1) is 0 Å². The number of carboxylic acid groups (broad SMARTS) is 1. The van der Waals surface area contributed by atoms with Crippen molar-refractivity contribution >= 4 is 47.4 Å². The van der Waals surface area contributed by atoms with Crippen LogP contribution >= 0.6 is 23.5 Å². The van der Waals surface area contributed by atoms with E-state index in [1.807, 2.05) is 106 Å². The Morgan fingerprint density at radius 1 is 0.807 bits per heavy atom. The molecular weight excluding hydrogens is 757 g/mol. The average Bonchev–Trinajstić information content (AvgIpc) is 3.21. The van der Waals surface area contributed by atoms with E-state index in [-0.39, 0.29) is 31.8 Å². The monoisotopic (exact) mass is 810 g/mol. The van der Waals surface area contributed by atoms with Crippen LogP contribution in [0.1, 0.15) is 61.9 Å². The molecule has 0 bridgehead atoms. The largest absolute Gasteiger partial charge is 0.480 e. The Bertz CT molecular complexity index is 1850. The fourth-order valence-corrected chi connectivity index (χ4v) is 9.06. The third-order valence-corrected chi connectivity index (χ3v) is 12.2. The van der Waals surface area contributed by atoms with Crippen molar-refractivity contribution in [2.24, 2.45) is 0 Å². The van der Waals surface area contributed by atoms with Crippen molar-refractivity contribution in [1.82, 2.24) is 20.9 Å². The summed E-state index contributed by atoms with van der Waals surface area (Å²) in [4.78, 5) is 55.1. The minimum Gasteiger partial charge on any atom is -0.480 e. The smallest absolute Gasteiger partial charge is 0.407 e. The first-order valence-corrected chi connectivity index (χ1v) is 21.6. The standard InChI is InChI=1S/C45H54N4O6S2/c1-31(41(51)49-29-33-18-16-15-17-32(33)27-39(49)40(50)48-38(42(52)53)25-26-56-5)46-28-37(47-43(54)55-44(2,3)4)30-57-45(34-19-9-6-10-20-34,35-21-11-7-12-22-35)36-23-13-8-14-24-36/h6-24,31,37-39,46H,25-30H2,1-5H3,(H,47,54)(H,48,50)(H,52,53)/t31-,37+,38-,39-/m0/s1. The topological polar surface area (TPSA) is 137 Å². The van der Waals surface area contributed by atoms with Crippen LogP contribution in [0.4, 0.5) is 4.79 Å². The van der Waals surface area contributed by atoms with Gasteiger partial charge in [-0.3, -0.25) is 9.59 Å². The molecule has 12 heteroatoms. The molecule has 1 aliphatic rings. The number of alkyl carbamates (subject to hydrolysis) is 1. The molecule has 10 nitrogen and oxygen atoms in total. The zero-order valence-corrected chi connectivity index (χ0v) is 34.9. The molecule has 4 aromatic carbocycles. The molecule has 57 heavy (non-hydrogen) atoms. The first kappa shape index (κ1) is 43.3. The lowest BCUT2D eigenvalue weighted by Gasteiger charge is -2.38. The van der Waals surface area contributed by atoms with E-state index < -0.39 is 52.5 Å². The van der Waals surface area contributed by atoms with Gasteiger partial charge in [0.15, 0.2) is 0 Å². The van der Waals surface area contributed by atoms with Gasteiger partial charge in [0, 0.05) is 25.3 Å². The Labute approximate surface area is 344 Å². The number of aliphatic carboxylic acids is 1. The molecule has 0 saturated heterocycles. The summed E-state index contributed by atoms with van der Waals surface area (Å²) in [6.45, 7) is 7.59. The second kappa shape index (κ2) is 20.1. The van der Waals surface area contributed by atoms with Gasteiger partial charge in [0.25, 0.3) is 0 Å². The Balaban J connectivity index is 1.41. The number of carboxylic acids is 1. The lowest BCUT2D eigenvalue weighted by molar-refractivity contribution is -0.146. The summed E-state index contributed by atoms with van der Waals surface area (Å²) in [5.41, 5.74) is 4.37. The normalized spacial score (nSPS) is 15.7. The maximum atomic E-state index is 14.4. The van der Waals surface area contributed by atoms with Crippen LogP contribution in [0.25, 0.3) is 0 Å². The van der Waals surface area contributed by atoms with Crippen LogP contribution < -0.4 is 16.0 Å². The van der Waals surface area contributed by atoms with Crippen molar-refractivity contribution in [1.29, 1.82) is 0 Å². The van der Waals surface area contributed by atoms with Crippen molar-refractivity contribution in [3.8, 4) is 0 Å². The van der Waals surface area contributed by atoms with E-state index in [1.54, 1.807) is 23.6 Å². The number of benzene rings is 4. The number of ether oxygens (including phenoxy) is 1. The molecule has 1 aliphatic heterocycles. The number of hydrogen-bond donors (Lipinski definition) is 4. The molecule has 0 saturated carbocycles. The van der Waals surface area contributed by atoms with Gasteiger partial charge in [-0.2, -0.15) is 11.8 Å². The third kappa shape index (κ3) is 11.4. The van der Waals surface area contributed by atoms with Gasteiger partial charge in [-0.25, -0.2) is 9.59 Å². The zero-order chi connectivity index (χ0) is 41.0. The zero-order valence-electron chi connectivity index (χ0n) is 33.3.